The second-order valence-electron chi connectivity index (χ2n) is 4.40. The van der Waals surface area contributed by atoms with Gasteiger partial charge in [0, 0.05) is 21.4 Å². The van der Waals surface area contributed by atoms with Crippen LogP contribution in [0.25, 0.3) is 0 Å². The van der Waals surface area contributed by atoms with Crippen molar-refractivity contribution in [3.63, 3.8) is 0 Å². The summed E-state index contributed by atoms with van der Waals surface area (Å²) in [7, 11) is 0. The third-order valence-corrected chi connectivity index (χ3v) is 5.11. The van der Waals surface area contributed by atoms with E-state index in [1.807, 2.05) is 5.38 Å². The molecule has 3 rings (SSSR count). The van der Waals surface area contributed by atoms with Crippen molar-refractivity contribution >= 4 is 46.8 Å². The highest BCUT2D eigenvalue weighted by atomic mass is 32.1. The summed E-state index contributed by atoms with van der Waals surface area (Å²) in [5.74, 6) is -2.35. The minimum atomic E-state index is -0.971. The normalized spacial score (nSPS) is 17.6. The minimum absolute atomic E-state index is 0.249. The van der Waals surface area contributed by atoms with Gasteiger partial charge in [-0.2, -0.15) is 11.3 Å². The Morgan fingerprint density at radius 2 is 1.85 bits per heavy atom. The molecule has 0 amide bonds. The maximum atomic E-state index is 12.5. The summed E-state index contributed by atoms with van der Waals surface area (Å²) in [5, 5.41) is 5.14. The lowest BCUT2D eigenvalue weighted by Gasteiger charge is -2.05. The molecule has 0 bridgehead atoms. The van der Waals surface area contributed by atoms with Gasteiger partial charge in [0.1, 0.15) is 24.4 Å². The summed E-state index contributed by atoms with van der Waals surface area (Å²) < 4.78 is 0. The van der Waals surface area contributed by atoms with Gasteiger partial charge in [-0.15, -0.1) is 11.3 Å². The fraction of sp³-hybridized carbons (Fsp3) is 0.143. The number of fused-ring (bicyclic) bond motifs is 1. The number of Topliss-reactive ketones (excluding diaryl/α,β-unsaturated/α-hetero) is 2. The number of aldehydes is 2. The molecule has 1 aliphatic rings. The summed E-state index contributed by atoms with van der Waals surface area (Å²) >= 11 is 2.53. The van der Waals surface area contributed by atoms with Crippen molar-refractivity contribution in [2.24, 2.45) is 0 Å². The number of hydrogen-bond donors (Lipinski definition) is 0. The van der Waals surface area contributed by atoms with Crippen molar-refractivity contribution < 1.29 is 19.2 Å². The van der Waals surface area contributed by atoms with Gasteiger partial charge in [-0.1, -0.05) is 0 Å². The van der Waals surface area contributed by atoms with E-state index in [1.54, 1.807) is 16.8 Å². The van der Waals surface area contributed by atoms with E-state index in [0.29, 0.717) is 28.6 Å². The minimum Gasteiger partial charge on any atom is -0.302 e. The second kappa shape index (κ2) is 4.88. The fourth-order valence-electron chi connectivity index (χ4n) is 2.37. The lowest BCUT2D eigenvalue weighted by atomic mass is 9.96. The van der Waals surface area contributed by atoms with E-state index >= 15 is 0 Å². The molecule has 2 heterocycles. The van der Waals surface area contributed by atoms with Gasteiger partial charge >= 0.3 is 0 Å². The molecule has 0 aromatic carbocycles. The molecule has 1 atom stereocenters. The van der Waals surface area contributed by atoms with E-state index in [4.69, 9.17) is 0 Å². The first-order chi connectivity index (χ1) is 9.69. The highest BCUT2D eigenvalue weighted by Gasteiger charge is 2.43. The molecule has 1 unspecified atom stereocenters. The van der Waals surface area contributed by atoms with Gasteiger partial charge in [0.2, 0.25) is 0 Å². The summed E-state index contributed by atoms with van der Waals surface area (Å²) in [6.07, 6.45) is 0.990. The van der Waals surface area contributed by atoms with Crippen molar-refractivity contribution in [1.29, 1.82) is 0 Å². The molecule has 0 saturated heterocycles. The predicted molar refractivity (Wildman–Crippen MR) is 74.9 cm³/mol. The third kappa shape index (κ3) is 1.72. The highest BCUT2D eigenvalue weighted by molar-refractivity contribution is 7.11. The van der Waals surface area contributed by atoms with Gasteiger partial charge in [-0.3, -0.25) is 9.59 Å². The third-order valence-electron chi connectivity index (χ3n) is 3.33. The number of rotatable bonds is 4. The van der Waals surface area contributed by atoms with Crippen LogP contribution in [0.5, 0.6) is 0 Å². The SMILES string of the molecule is O=CC(C=O)c1scc2c1C(=O)C(c1ccsc1)C2=O. The van der Waals surface area contributed by atoms with Crippen LogP contribution in [0.2, 0.25) is 0 Å². The summed E-state index contributed by atoms with van der Waals surface area (Å²) in [6, 6.07) is 1.75. The van der Waals surface area contributed by atoms with Crippen molar-refractivity contribution in [2.75, 3.05) is 0 Å². The standard InChI is InChI=1S/C14H8O4S2/c15-3-8(4-16)14-11-9(6-20-14)12(17)10(13(11)18)7-1-2-19-5-7/h1-6,8,10H. The molecule has 0 N–H and O–H groups in total. The summed E-state index contributed by atoms with van der Waals surface area (Å²) in [6.45, 7) is 0. The average molecular weight is 304 g/mol. The van der Waals surface area contributed by atoms with E-state index < -0.39 is 11.8 Å². The van der Waals surface area contributed by atoms with Crippen LogP contribution in [-0.4, -0.2) is 24.1 Å². The zero-order valence-electron chi connectivity index (χ0n) is 10.1. The molecule has 2 aromatic rings. The lowest BCUT2D eigenvalue weighted by Crippen LogP contribution is -2.13. The molecular weight excluding hydrogens is 296 g/mol. The van der Waals surface area contributed by atoms with Crippen LogP contribution in [0.15, 0.2) is 22.2 Å². The summed E-state index contributed by atoms with van der Waals surface area (Å²) in [5.41, 5.74) is 1.26. The zero-order chi connectivity index (χ0) is 14.3. The maximum Gasteiger partial charge on any atom is 0.180 e. The Labute approximate surface area is 122 Å². The van der Waals surface area contributed by atoms with Crippen molar-refractivity contribution in [3.8, 4) is 0 Å². The van der Waals surface area contributed by atoms with Gasteiger partial charge in [0.25, 0.3) is 0 Å². The Hall–Kier alpha value is -1.92. The van der Waals surface area contributed by atoms with Crippen LogP contribution in [0, 0.1) is 0 Å². The monoisotopic (exact) mass is 304 g/mol. The van der Waals surface area contributed by atoms with Gasteiger partial charge in [0.15, 0.2) is 11.6 Å². The van der Waals surface area contributed by atoms with Crippen LogP contribution >= 0.6 is 22.7 Å². The Balaban J connectivity index is 2.11. The van der Waals surface area contributed by atoms with Gasteiger partial charge in [-0.05, 0) is 22.4 Å². The van der Waals surface area contributed by atoms with Crippen molar-refractivity contribution in [1.82, 2.24) is 0 Å². The lowest BCUT2D eigenvalue weighted by molar-refractivity contribution is -0.116. The van der Waals surface area contributed by atoms with Crippen molar-refractivity contribution in [2.45, 2.75) is 11.8 Å². The van der Waals surface area contributed by atoms with Crippen LogP contribution in [0.1, 0.15) is 43.0 Å². The second-order valence-corrected chi connectivity index (χ2v) is 6.10. The Morgan fingerprint density at radius 3 is 2.45 bits per heavy atom. The largest absolute Gasteiger partial charge is 0.302 e. The first kappa shape index (κ1) is 13.1. The molecule has 6 heteroatoms. The number of thiophene rings is 2. The number of hydrogen-bond acceptors (Lipinski definition) is 6. The molecule has 100 valence electrons. The fourth-order valence-corrected chi connectivity index (χ4v) is 4.13. The summed E-state index contributed by atoms with van der Waals surface area (Å²) in [4.78, 5) is 47.0. The van der Waals surface area contributed by atoms with Gasteiger partial charge < -0.3 is 9.59 Å². The van der Waals surface area contributed by atoms with Crippen LogP contribution in [0.3, 0.4) is 0 Å². The van der Waals surface area contributed by atoms with Gasteiger partial charge in [0.05, 0.1) is 0 Å². The molecule has 20 heavy (non-hydrogen) atoms. The Bertz CT molecular complexity index is 704. The Morgan fingerprint density at radius 1 is 1.10 bits per heavy atom. The Kier molecular flexibility index (Phi) is 3.19. The van der Waals surface area contributed by atoms with E-state index in [0.717, 1.165) is 11.3 Å². The van der Waals surface area contributed by atoms with Crippen LogP contribution in [-0.2, 0) is 9.59 Å². The van der Waals surface area contributed by atoms with E-state index in [9.17, 15) is 19.2 Å². The van der Waals surface area contributed by atoms with E-state index in [2.05, 4.69) is 0 Å². The van der Waals surface area contributed by atoms with Crippen LogP contribution < -0.4 is 0 Å². The smallest absolute Gasteiger partial charge is 0.180 e. The molecule has 2 aromatic heterocycles. The molecule has 1 aliphatic carbocycles. The highest BCUT2D eigenvalue weighted by Crippen LogP contribution is 2.41. The van der Waals surface area contributed by atoms with E-state index in [-0.39, 0.29) is 17.1 Å². The first-order valence-electron chi connectivity index (χ1n) is 5.81. The molecule has 0 spiro atoms. The molecule has 0 aliphatic heterocycles. The first-order valence-corrected chi connectivity index (χ1v) is 7.63. The topological polar surface area (TPSA) is 68.3 Å². The molecular formula is C14H8O4S2. The van der Waals surface area contributed by atoms with Gasteiger partial charge in [-0.25, -0.2) is 0 Å². The molecule has 0 fully saturated rings. The molecule has 4 nitrogen and oxygen atoms in total. The van der Waals surface area contributed by atoms with E-state index in [1.165, 1.54) is 11.3 Å². The van der Waals surface area contributed by atoms with Crippen molar-refractivity contribution in [3.05, 3.63) is 43.8 Å². The zero-order valence-corrected chi connectivity index (χ0v) is 11.7. The number of carbonyl (C=O) groups is 4. The quantitative estimate of drug-likeness (QED) is 0.642. The predicted octanol–water partition coefficient (Wildman–Crippen LogP) is 2.45. The molecule has 0 radical (unpaired) electrons. The average Bonchev–Trinajstić information content (AvgIpc) is 3.12. The molecule has 0 saturated carbocycles. The number of ketones is 2. The van der Waals surface area contributed by atoms with Crippen LogP contribution in [0.4, 0.5) is 0 Å². The maximum absolute atomic E-state index is 12.5. The number of carbonyl (C=O) groups excluding carboxylic acids is 4.